The minimum absolute atomic E-state index is 0.111. The number of methoxy groups -OCH3 is 1. The van der Waals surface area contributed by atoms with E-state index < -0.39 is 5.66 Å². The molecule has 2 N–H and O–H groups in total. The maximum atomic E-state index is 9.39. The van der Waals surface area contributed by atoms with Crippen molar-refractivity contribution in [1.82, 2.24) is 0 Å². The molecule has 0 amide bonds. The fourth-order valence-electron chi connectivity index (χ4n) is 5.84. The highest BCUT2D eigenvalue weighted by Gasteiger charge is 2.62. The van der Waals surface area contributed by atoms with Gasteiger partial charge < -0.3 is 10.5 Å². The average molecular weight is 350 g/mol. The van der Waals surface area contributed by atoms with Gasteiger partial charge in [0.1, 0.15) is 5.84 Å². The fourth-order valence-corrected chi connectivity index (χ4v) is 5.84. The van der Waals surface area contributed by atoms with E-state index in [1.54, 1.807) is 0 Å². The molecule has 1 aromatic carbocycles. The minimum atomic E-state index is -0.690. The van der Waals surface area contributed by atoms with Crippen molar-refractivity contribution in [3.8, 4) is 6.07 Å². The highest BCUT2D eigenvalue weighted by Crippen LogP contribution is 2.63. The lowest BCUT2D eigenvalue weighted by molar-refractivity contribution is -0.0729. The first kappa shape index (κ1) is 17.2. The second kappa shape index (κ2) is 5.65. The summed E-state index contributed by atoms with van der Waals surface area (Å²) in [7, 11) is 1.81. The van der Waals surface area contributed by atoms with Gasteiger partial charge in [0.25, 0.3) is 0 Å². The molecule has 136 valence electrons. The van der Waals surface area contributed by atoms with Crippen molar-refractivity contribution in [2.75, 3.05) is 7.11 Å². The van der Waals surface area contributed by atoms with E-state index in [4.69, 9.17) is 20.5 Å². The summed E-state index contributed by atoms with van der Waals surface area (Å²) in [5.41, 5.74) is 9.16. The Balaban J connectivity index is 1.91. The van der Waals surface area contributed by atoms with Crippen LogP contribution < -0.4 is 5.73 Å². The zero-order valence-electron chi connectivity index (χ0n) is 15.9. The predicted molar refractivity (Wildman–Crippen MR) is 102 cm³/mol. The zero-order chi connectivity index (χ0) is 18.7. The Hall–Kier alpha value is -2.19. The quantitative estimate of drug-likeness (QED) is 0.844. The zero-order valence-corrected chi connectivity index (χ0v) is 15.9. The van der Waals surface area contributed by atoms with E-state index in [1.807, 2.05) is 26.2 Å². The van der Waals surface area contributed by atoms with Gasteiger partial charge >= 0.3 is 0 Å². The van der Waals surface area contributed by atoms with Crippen LogP contribution in [-0.2, 0) is 16.8 Å². The molecule has 26 heavy (non-hydrogen) atoms. The van der Waals surface area contributed by atoms with Crippen molar-refractivity contribution in [1.29, 1.82) is 5.26 Å². The number of nitrogens with zero attached hydrogens (tertiary/aromatic N) is 3. The molecule has 2 spiro atoms. The first-order chi connectivity index (χ1) is 12.4. The topological polar surface area (TPSA) is 83.8 Å². The summed E-state index contributed by atoms with van der Waals surface area (Å²) in [6.07, 6.45) is 3.15. The number of aliphatic imine (C=N–C) groups is 2. The molecule has 0 saturated heterocycles. The summed E-state index contributed by atoms with van der Waals surface area (Å²) >= 11 is 0. The van der Waals surface area contributed by atoms with Crippen LogP contribution in [0.1, 0.15) is 50.3 Å². The molecule has 1 saturated carbocycles. The van der Waals surface area contributed by atoms with Gasteiger partial charge in [-0.3, -0.25) is 4.99 Å². The first-order valence-electron chi connectivity index (χ1n) is 9.34. The molecular formula is C21H26N4O. The maximum absolute atomic E-state index is 9.39. The van der Waals surface area contributed by atoms with Crippen LogP contribution in [-0.4, -0.2) is 24.8 Å². The van der Waals surface area contributed by atoms with E-state index in [0.717, 1.165) is 30.5 Å². The molecule has 1 aromatic rings. The lowest BCUT2D eigenvalue weighted by atomic mass is 9.59. The Morgan fingerprint density at radius 3 is 2.46 bits per heavy atom. The summed E-state index contributed by atoms with van der Waals surface area (Å²) in [4.78, 5) is 10.0. The van der Waals surface area contributed by atoms with Gasteiger partial charge in [0.05, 0.1) is 23.4 Å². The predicted octanol–water partition coefficient (Wildman–Crippen LogP) is 3.17. The molecule has 5 atom stereocenters. The van der Waals surface area contributed by atoms with Gasteiger partial charge in [0.15, 0.2) is 5.66 Å². The Morgan fingerprint density at radius 1 is 1.23 bits per heavy atom. The summed E-state index contributed by atoms with van der Waals surface area (Å²) in [5.74, 6) is 1.35. The molecular weight excluding hydrogens is 324 g/mol. The van der Waals surface area contributed by atoms with Crippen LogP contribution in [0.5, 0.6) is 0 Å². The minimum Gasteiger partial charge on any atom is -0.382 e. The van der Waals surface area contributed by atoms with Crippen LogP contribution in [0.2, 0.25) is 0 Å². The molecule has 5 heteroatoms. The number of fused-ring (bicyclic) bond motifs is 3. The van der Waals surface area contributed by atoms with E-state index in [2.05, 4.69) is 26.0 Å². The van der Waals surface area contributed by atoms with Gasteiger partial charge in [-0.2, -0.15) is 5.26 Å². The molecule has 0 bridgehead atoms. The van der Waals surface area contributed by atoms with Gasteiger partial charge in [0.2, 0.25) is 0 Å². The number of benzene rings is 1. The van der Waals surface area contributed by atoms with Gasteiger partial charge in [-0.05, 0) is 55.7 Å². The molecule has 0 aromatic heterocycles. The maximum Gasteiger partial charge on any atom is 0.184 e. The second-order valence-corrected chi connectivity index (χ2v) is 8.37. The molecule has 1 aliphatic heterocycles. The van der Waals surface area contributed by atoms with E-state index in [-0.39, 0.29) is 11.5 Å². The third kappa shape index (κ3) is 2.12. The van der Waals surface area contributed by atoms with Gasteiger partial charge in [-0.25, -0.2) is 4.99 Å². The van der Waals surface area contributed by atoms with Crippen molar-refractivity contribution >= 4 is 11.5 Å². The number of hydrogen-bond acceptors (Lipinski definition) is 5. The Morgan fingerprint density at radius 2 is 1.92 bits per heavy atom. The Kier molecular flexibility index (Phi) is 3.75. The molecule has 3 aliphatic rings. The summed E-state index contributed by atoms with van der Waals surface area (Å²) in [6.45, 7) is 6.46. The lowest BCUT2D eigenvalue weighted by Crippen LogP contribution is -2.49. The summed E-state index contributed by atoms with van der Waals surface area (Å²) < 4.78 is 5.79. The van der Waals surface area contributed by atoms with E-state index in [1.165, 1.54) is 5.56 Å². The lowest BCUT2D eigenvalue weighted by Gasteiger charge is -2.49. The van der Waals surface area contributed by atoms with Gasteiger partial charge in [-0.15, -0.1) is 0 Å². The third-order valence-corrected chi connectivity index (χ3v) is 6.68. The SMILES string of the molecule is COC1[C@H](C)CC2(Cc3ccc(C#N)cc3[C@@]23N=C(C)C(N)=N3)C[C@@H]1C. The van der Waals surface area contributed by atoms with Crippen molar-refractivity contribution in [2.45, 2.75) is 51.8 Å². The molecule has 2 aliphatic carbocycles. The summed E-state index contributed by atoms with van der Waals surface area (Å²) in [5, 5.41) is 9.39. The van der Waals surface area contributed by atoms with E-state index in [9.17, 15) is 5.26 Å². The van der Waals surface area contributed by atoms with Crippen molar-refractivity contribution in [3.05, 3.63) is 34.9 Å². The Bertz CT molecular complexity index is 833. The van der Waals surface area contributed by atoms with Crippen molar-refractivity contribution < 1.29 is 4.74 Å². The smallest absolute Gasteiger partial charge is 0.184 e. The molecule has 5 nitrogen and oxygen atoms in total. The molecule has 1 fully saturated rings. The average Bonchev–Trinajstić information content (AvgIpc) is 3.02. The number of nitriles is 1. The number of amidine groups is 1. The number of ether oxygens (including phenoxy) is 1. The van der Waals surface area contributed by atoms with Crippen molar-refractivity contribution in [3.63, 3.8) is 0 Å². The Labute approximate surface area is 155 Å². The fraction of sp³-hybridized carbons (Fsp3) is 0.571. The largest absolute Gasteiger partial charge is 0.382 e. The second-order valence-electron chi connectivity index (χ2n) is 8.37. The highest BCUT2D eigenvalue weighted by molar-refractivity contribution is 6.41. The normalized spacial score (nSPS) is 38.2. The molecule has 1 heterocycles. The van der Waals surface area contributed by atoms with Crippen LogP contribution in [0, 0.1) is 28.6 Å². The van der Waals surface area contributed by atoms with Crippen LogP contribution >= 0.6 is 0 Å². The molecule has 4 rings (SSSR count). The van der Waals surface area contributed by atoms with Crippen molar-refractivity contribution in [2.24, 2.45) is 33.0 Å². The molecule has 2 unspecified atom stereocenters. The summed E-state index contributed by atoms with van der Waals surface area (Å²) in [6, 6.07) is 8.22. The van der Waals surface area contributed by atoms with Crippen LogP contribution in [0.15, 0.2) is 28.2 Å². The van der Waals surface area contributed by atoms with Crippen LogP contribution in [0.3, 0.4) is 0 Å². The van der Waals surface area contributed by atoms with Crippen LogP contribution in [0.4, 0.5) is 0 Å². The monoisotopic (exact) mass is 350 g/mol. The number of hydrogen-bond donors (Lipinski definition) is 1. The van der Waals surface area contributed by atoms with E-state index >= 15 is 0 Å². The van der Waals surface area contributed by atoms with Gasteiger partial charge in [-0.1, -0.05) is 19.9 Å². The number of rotatable bonds is 1. The third-order valence-electron chi connectivity index (χ3n) is 6.68. The number of nitrogens with two attached hydrogens (primary N) is 1. The first-order valence-corrected chi connectivity index (χ1v) is 9.34. The molecule has 0 radical (unpaired) electrons. The standard InChI is InChI=1S/C21H26N4O/c1-12-8-20(9-13(2)18(12)26-4)10-16-6-5-15(11-22)7-17(16)21(20)24-14(3)19(23)25-21/h5-7,12-13,18H,8-10H2,1-4H3,(H2,23,25)/t12-,13+,18?,20?,21-/m0/s1. The van der Waals surface area contributed by atoms with E-state index in [0.29, 0.717) is 23.2 Å². The van der Waals surface area contributed by atoms with Crippen LogP contribution in [0.25, 0.3) is 0 Å². The highest BCUT2D eigenvalue weighted by atomic mass is 16.5. The van der Waals surface area contributed by atoms with Gasteiger partial charge in [0, 0.05) is 18.1 Å².